The van der Waals surface area contributed by atoms with Crippen molar-refractivity contribution in [2.24, 2.45) is 11.3 Å². The van der Waals surface area contributed by atoms with E-state index in [2.05, 4.69) is 44.4 Å². The summed E-state index contributed by atoms with van der Waals surface area (Å²) in [6.07, 6.45) is 0.888. The van der Waals surface area contributed by atoms with Crippen LogP contribution in [0.2, 0.25) is 0 Å². The lowest BCUT2D eigenvalue weighted by molar-refractivity contribution is -0.120. The molecule has 0 fully saturated rings. The topological polar surface area (TPSA) is 41.1 Å². The molecule has 1 aromatic carbocycles. The fourth-order valence-electron chi connectivity index (χ4n) is 2.38. The van der Waals surface area contributed by atoms with E-state index in [1.165, 1.54) is 5.56 Å². The SMILES string of the molecule is Cc1ccc2c(c1)NCC(CC(C)(C)C)C(=O)N2. The summed E-state index contributed by atoms with van der Waals surface area (Å²) in [6.45, 7) is 9.27. The van der Waals surface area contributed by atoms with Crippen LogP contribution in [0.15, 0.2) is 18.2 Å². The van der Waals surface area contributed by atoms with Gasteiger partial charge in [0.05, 0.1) is 17.3 Å². The number of carbonyl (C=O) groups excluding carboxylic acids is 1. The second-order valence-corrected chi connectivity index (χ2v) is 6.38. The highest BCUT2D eigenvalue weighted by Crippen LogP contribution is 2.31. The first-order valence-corrected chi connectivity index (χ1v) is 6.50. The lowest BCUT2D eigenvalue weighted by Gasteiger charge is -2.23. The largest absolute Gasteiger partial charge is 0.383 e. The van der Waals surface area contributed by atoms with E-state index >= 15 is 0 Å². The molecular formula is C15H22N2O. The van der Waals surface area contributed by atoms with E-state index in [0.29, 0.717) is 6.54 Å². The number of aryl methyl sites for hydroxylation is 1. The van der Waals surface area contributed by atoms with Gasteiger partial charge in [-0.1, -0.05) is 26.8 Å². The molecule has 0 bridgehead atoms. The zero-order chi connectivity index (χ0) is 13.3. The summed E-state index contributed by atoms with van der Waals surface area (Å²) in [7, 11) is 0. The average molecular weight is 246 g/mol. The fourth-order valence-corrected chi connectivity index (χ4v) is 2.38. The van der Waals surface area contributed by atoms with Gasteiger partial charge >= 0.3 is 0 Å². The molecule has 3 heteroatoms. The van der Waals surface area contributed by atoms with Crippen molar-refractivity contribution in [2.45, 2.75) is 34.1 Å². The van der Waals surface area contributed by atoms with Gasteiger partial charge in [0.25, 0.3) is 0 Å². The zero-order valence-electron chi connectivity index (χ0n) is 11.6. The van der Waals surface area contributed by atoms with Crippen LogP contribution in [0.25, 0.3) is 0 Å². The number of hydrogen-bond donors (Lipinski definition) is 2. The minimum absolute atomic E-state index is 0.0257. The quantitative estimate of drug-likeness (QED) is 0.797. The molecule has 0 aliphatic carbocycles. The Labute approximate surface area is 109 Å². The molecule has 0 spiro atoms. The van der Waals surface area contributed by atoms with Crippen LogP contribution in [0.3, 0.4) is 0 Å². The Kier molecular flexibility index (Phi) is 3.33. The molecule has 2 rings (SSSR count). The van der Waals surface area contributed by atoms with Gasteiger partial charge in [-0.15, -0.1) is 0 Å². The van der Waals surface area contributed by atoms with Gasteiger partial charge in [0.15, 0.2) is 0 Å². The minimum Gasteiger partial charge on any atom is -0.383 e. The van der Waals surface area contributed by atoms with Crippen molar-refractivity contribution in [3.8, 4) is 0 Å². The van der Waals surface area contributed by atoms with Gasteiger partial charge in [0.1, 0.15) is 0 Å². The molecule has 0 aromatic heterocycles. The molecule has 1 heterocycles. The molecule has 1 aromatic rings. The lowest BCUT2D eigenvalue weighted by Crippen LogP contribution is -2.29. The summed E-state index contributed by atoms with van der Waals surface area (Å²) in [5.41, 5.74) is 3.28. The maximum atomic E-state index is 12.2. The number of anilines is 2. The second kappa shape index (κ2) is 4.63. The van der Waals surface area contributed by atoms with E-state index in [1.807, 2.05) is 12.1 Å². The highest BCUT2D eigenvalue weighted by molar-refractivity contribution is 5.97. The number of nitrogens with one attached hydrogen (secondary N) is 2. The number of carbonyl (C=O) groups is 1. The summed E-state index contributed by atoms with van der Waals surface area (Å²) < 4.78 is 0. The summed E-state index contributed by atoms with van der Waals surface area (Å²) >= 11 is 0. The van der Waals surface area contributed by atoms with E-state index in [9.17, 15) is 4.79 Å². The van der Waals surface area contributed by atoms with Crippen LogP contribution in [0.1, 0.15) is 32.8 Å². The number of hydrogen-bond acceptors (Lipinski definition) is 2. The Bertz CT molecular complexity index is 460. The van der Waals surface area contributed by atoms with Crippen LogP contribution < -0.4 is 10.6 Å². The van der Waals surface area contributed by atoms with Crippen LogP contribution in [0, 0.1) is 18.3 Å². The maximum absolute atomic E-state index is 12.2. The monoisotopic (exact) mass is 246 g/mol. The van der Waals surface area contributed by atoms with Crippen molar-refractivity contribution < 1.29 is 4.79 Å². The Morgan fingerprint density at radius 2 is 2.00 bits per heavy atom. The summed E-state index contributed by atoms with van der Waals surface area (Å²) in [5, 5.41) is 6.41. The summed E-state index contributed by atoms with van der Waals surface area (Å²) in [6, 6.07) is 6.06. The molecule has 3 nitrogen and oxygen atoms in total. The third-order valence-electron chi connectivity index (χ3n) is 3.20. The molecular weight excluding hydrogens is 224 g/mol. The first-order chi connectivity index (χ1) is 8.35. The Balaban J connectivity index is 2.19. The van der Waals surface area contributed by atoms with Gasteiger partial charge < -0.3 is 10.6 Å². The maximum Gasteiger partial charge on any atom is 0.229 e. The molecule has 1 atom stereocenters. The van der Waals surface area contributed by atoms with Crippen LogP contribution in [-0.2, 0) is 4.79 Å². The number of benzene rings is 1. The first kappa shape index (κ1) is 12.9. The molecule has 0 saturated heterocycles. The van der Waals surface area contributed by atoms with E-state index in [4.69, 9.17) is 0 Å². The first-order valence-electron chi connectivity index (χ1n) is 6.50. The standard InChI is InChI=1S/C15H22N2O/c1-10-5-6-12-13(7-10)16-9-11(14(18)17-12)8-15(2,3)4/h5-7,11,16H,8-9H2,1-4H3,(H,17,18). The summed E-state index contributed by atoms with van der Waals surface area (Å²) in [4.78, 5) is 12.2. The summed E-state index contributed by atoms with van der Waals surface area (Å²) in [5.74, 6) is 0.151. The second-order valence-electron chi connectivity index (χ2n) is 6.38. The van der Waals surface area contributed by atoms with Crippen molar-refractivity contribution in [1.29, 1.82) is 0 Å². The highest BCUT2D eigenvalue weighted by atomic mass is 16.1. The van der Waals surface area contributed by atoms with Crippen LogP contribution >= 0.6 is 0 Å². The molecule has 18 heavy (non-hydrogen) atoms. The normalized spacial score (nSPS) is 19.6. The van der Waals surface area contributed by atoms with Crippen LogP contribution in [0.4, 0.5) is 11.4 Å². The van der Waals surface area contributed by atoms with Crippen molar-refractivity contribution in [3.63, 3.8) is 0 Å². The predicted octanol–water partition coefficient (Wildman–Crippen LogP) is 3.41. The van der Waals surface area contributed by atoms with Gasteiger partial charge in [-0.2, -0.15) is 0 Å². The third kappa shape index (κ3) is 3.03. The zero-order valence-corrected chi connectivity index (χ0v) is 11.6. The minimum atomic E-state index is 0.0257. The number of rotatable bonds is 1. The molecule has 1 aliphatic heterocycles. The molecule has 98 valence electrons. The van der Waals surface area contributed by atoms with Gasteiger partial charge in [-0.05, 0) is 36.5 Å². The average Bonchev–Trinajstić information content (AvgIpc) is 2.38. The van der Waals surface area contributed by atoms with Crippen molar-refractivity contribution >= 4 is 17.3 Å². The predicted molar refractivity (Wildman–Crippen MR) is 75.9 cm³/mol. The Morgan fingerprint density at radius 1 is 1.28 bits per heavy atom. The van der Waals surface area contributed by atoms with Crippen molar-refractivity contribution in [2.75, 3.05) is 17.2 Å². The van der Waals surface area contributed by atoms with E-state index in [-0.39, 0.29) is 17.2 Å². The molecule has 2 N–H and O–H groups in total. The van der Waals surface area contributed by atoms with Gasteiger partial charge in [0, 0.05) is 6.54 Å². The van der Waals surface area contributed by atoms with Crippen LogP contribution in [-0.4, -0.2) is 12.5 Å². The Hall–Kier alpha value is -1.51. The molecule has 1 aliphatic rings. The Morgan fingerprint density at radius 3 is 2.67 bits per heavy atom. The molecule has 0 saturated carbocycles. The van der Waals surface area contributed by atoms with Crippen LogP contribution in [0.5, 0.6) is 0 Å². The van der Waals surface area contributed by atoms with E-state index in [0.717, 1.165) is 17.8 Å². The molecule has 1 amide bonds. The lowest BCUT2D eigenvalue weighted by atomic mass is 9.84. The highest BCUT2D eigenvalue weighted by Gasteiger charge is 2.27. The molecule has 1 unspecified atom stereocenters. The van der Waals surface area contributed by atoms with Gasteiger partial charge in [0.2, 0.25) is 5.91 Å². The smallest absolute Gasteiger partial charge is 0.229 e. The molecule has 0 radical (unpaired) electrons. The third-order valence-corrected chi connectivity index (χ3v) is 3.20. The van der Waals surface area contributed by atoms with E-state index < -0.39 is 0 Å². The van der Waals surface area contributed by atoms with Gasteiger partial charge in [-0.25, -0.2) is 0 Å². The number of fused-ring (bicyclic) bond motifs is 1. The van der Waals surface area contributed by atoms with Gasteiger partial charge in [-0.3, -0.25) is 4.79 Å². The van der Waals surface area contributed by atoms with Crippen molar-refractivity contribution in [1.82, 2.24) is 0 Å². The number of amides is 1. The van der Waals surface area contributed by atoms with E-state index in [1.54, 1.807) is 0 Å². The fraction of sp³-hybridized carbons (Fsp3) is 0.533. The van der Waals surface area contributed by atoms with Crippen molar-refractivity contribution in [3.05, 3.63) is 23.8 Å².